The Morgan fingerprint density at radius 2 is 1.76 bits per heavy atom. The molecule has 0 unspecified atom stereocenters. The van der Waals surface area contributed by atoms with Gasteiger partial charge in [0.2, 0.25) is 15.9 Å². The summed E-state index contributed by atoms with van der Waals surface area (Å²) in [6.45, 7) is 4.20. The molecule has 1 heterocycles. The zero-order valence-corrected chi connectivity index (χ0v) is 24.3. The van der Waals surface area contributed by atoms with Gasteiger partial charge >= 0.3 is 0 Å². The molecule has 0 spiro atoms. The van der Waals surface area contributed by atoms with Crippen LogP contribution in [0, 0.1) is 19.8 Å². The third-order valence-electron chi connectivity index (χ3n) is 8.22. The number of benzene rings is 3. The van der Waals surface area contributed by atoms with Crippen molar-refractivity contribution in [1.29, 1.82) is 0 Å². The van der Waals surface area contributed by atoms with E-state index in [0.717, 1.165) is 53.0 Å². The minimum absolute atomic E-state index is 0.0785. The predicted molar refractivity (Wildman–Crippen MR) is 161 cm³/mol. The highest BCUT2D eigenvalue weighted by Gasteiger charge is 2.46. The van der Waals surface area contributed by atoms with E-state index < -0.39 is 10.0 Å². The number of carbonyl (C=O) groups excluding carboxylic acids is 1. The van der Waals surface area contributed by atoms with Crippen LogP contribution in [0.3, 0.4) is 0 Å². The van der Waals surface area contributed by atoms with Crippen LogP contribution in [0.1, 0.15) is 64.9 Å². The summed E-state index contributed by atoms with van der Waals surface area (Å²) in [5.41, 5.74) is 6.64. The number of hydrogen-bond acceptors (Lipinski definition) is 4. The first-order chi connectivity index (χ1) is 19.8. The Hall–Kier alpha value is -3.81. The molecule has 7 heteroatoms. The predicted octanol–water partition coefficient (Wildman–Crippen LogP) is 6.39. The van der Waals surface area contributed by atoms with Crippen LogP contribution < -0.4 is 9.62 Å². The Morgan fingerprint density at radius 3 is 2.54 bits per heavy atom. The first-order valence-corrected chi connectivity index (χ1v) is 15.8. The fraction of sp³-hybridized carbons (Fsp3) is 0.294. The number of sulfonamides is 1. The molecule has 0 aliphatic heterocycles. The molecular weight excluding hydrogens is 530 g/mol. The Morgan fingerprint density at radius 1 is 0.951 bits per heavy atom. The van der Waals surface area contributed by atoms with Gasteiger partial charge in [-0.1, -0.05) is 54.6 Å². The van der Waals surface area contributed by atoms with Gasteiger partial charge < -0.3 is 4.90 Å². The summed E-state index contributed by atoms with van der Waals surface area (Å²) < 4.78 is 29.7. The van der Waals surface area contributed by atoms with E-state index in [9.17, 15) is 13.2 Å². The van der Waals surface area contributed by atoms with Gasteiger partial charge in [-0.25, -0.2) is 13.1 Å². The van der Waals surface area contributed by atoms with Crippen molar-refractivity contribution >= 4 is 21.6 Å². The van der Waals surface area contributed by atoms with Crippen LogP contribution in [0.15, 0.2) is 95.9 Å². The highest BCUT2D eigenvalue weighted by Crippen LogP contribution is 2.49. The number of anilines is 1. The molecule has 3 aromatic carbocycles. The van der Waals surface area contributed by atoms with E-state index in [-0.39, 0.29) is 28.7 Å². The molecule has 1 saturated carbocycles. The summed E-state index contributed by atoms with van der Waals surface area (Å²) in [5.74, 6) is 0.201. The summed E-state index contributed by atoms with van der Waals surface area (Å²) in [5, 5.41) is 0. The van der Waals surface area contributed by atoms with Gasteiger partial charge in [-0.2, -0.15) is 0 Å². The third-order valence-corrected chi connectivity index (χ3v) is 9.69. The first-order valence-electron chi connectivity index (χ1n) is 14.3. The number of hydrogen-bond donors (Lipinski definition) is 1. The lowest BCUT2D eigenvalue weighted by Gasteiger charge is -2.29. The van der Waals surface area contributed by atoms with Crippen molar-refractivity contribution in [3.8, 4) is 0 Å². The summed E-state index contributed by atoms with van der Waals surface area (Å²) in [6, 6.07) is 28.8. The molecular formula is C34H35N3O3S. The number of nitrogens with zero attached hydrogens (tertiary/aromatic N) is 2. The zero-order valence-electron chi connectivity index (χ0n) is 23.5. The van der Waals surface area contributed by atoms with Crippen LogP contribution >= 0.6 is 0 Å². The van der Waals surface area contributed by atoms with Gasteiger partial charge in [-0.3, -0.25) is 9.78 Å². The van der Waals surface area contributed by atoms with E-state index in [1.807, 2.05) is 73.3 Å². The van der Waals surface area contributed by atoms with Crippen LogP contribution in [0.25, 0.3) is 0 Å². The molecule has 41 heavy (non-hydrogen) atoms. The van der Waals surface area contributed by atoms with E-state index >= 15 is 0 Å². The van der Waals surface area contributed by atoms with Crippen LogP contribution in [0.5, 0.6) is 0 Å². The molecule has 6 rings (SSSR count). The lowest BCUT2D eigenvalue weighted by atomic mass is 9.87. The van der Waals surface area contributed by atoms with Crippen LogP contribution in [0.2, 0.25) is 0 Å². The van der Waals surface area contributed by atoms with Crippen molar-refractivity contribution in [2.24, 2.45) is 5.92 Å². The van der Waals surface area contributed by atoms with E-state index in [0.29, 0.717) is 13.0 Å². The largest absolute Gasteiger partial charge is 0.306 e. The number of fused-ring (bicyclic) bond motifs is 1. The quantitative estimate of drug-likeness (QED) is 0.268. The van der Waals surface area contributed by atoms with Crippen molar-refractivity contribution in [3.63, 3.8) is 0 Å². The Balaban J connectivity index is 1.32. The van der Waals surface area contributed by atoms with Crippen molar-refractivity contribution in [2.75, 3.05) is 4.90 Å². The maximum absolute atomic E-state index is 14.1. The highest BCUT2D eigenvalue weighted by atomic mass is 32.2. The van der Waals surface area contributed by atoms with E-state index in [1.54, 1.807) is 18.2 Å². The fourth-order valence-electron chi connectivity index (χ4n) is 6.00. The second kappa shape index (κ2) is 11.2. The second-order valence-corrected chi connectivity index (χ2v) is 13.0. The topological polar surface area (TPSA) is 79.4 Å². The fourth-order valence-corrected chi connectivity index (χ4v) is 7.35. The molecule has 4 aromatic rings. The van der Waals surface area contributed by atoms with Gasteiger partial charge in [0.05, 0.1) is 17.1 Å². The number of rotatable bonds is 8. The molecule has 3 atom stereocenters. The molecule has 1 fully saturated rings. The third kappa shape index (κ3) is 5.97. The van der Waals surface area contributed by atoms with Gasteiger partial charge in [-0.05, 0) is 104 Å². The molecule has 1 amide bonds. The standard InChI is InChI=1S/C34H35N3O3S/c1-23-9-6-15-29(19-23)41(39,40)36-33-16-8-13-26-17-18-28(20-31(26)33)37(22-27-14-7-10-24(2)35-27)34(38)32-21-30(32)25-11-4-3-5-12-25/h3-7,9-12,14-15,17-20,30,32-33,36H,8,13,16,21-22H2,1-2H3/t30-,32-,33+/m1/s1. The monoisotopic (exact) mass is 565 g/mol. The molecule has 0 radical (unpaired) electrons. The first kappa shape index (κ1) is 27.4. The average molecular weight is 566 g/mol. The summed E-state index contributed by atoms with van der Waals surface area (Å²) in [6.07, 6.45) is 3.30. The van der Waals surface area contributed by atoms with Crippen molar-refractivity contribution in [1.82, 2.24) is 9.71 Å². The summed E-state index contributed by atoms with van der Waals surface area (Å²) in [7, 11) is -3.71. The van der Waals surface area contributed by atoms with Crippen LogP contribution in [-0.2, 0) is 27.8 Å². The highest BCUT2D eigenvalue weighted by molar-refractivity contribution is 7.89. The Kier molecular flexibility index (Phi) is 7.49. The second-order valence-electron chi connectivity index (χ2n) is 11.3. The maximum atomic E-state index is 14.1. The molecule has 1 aromatic heterocycles. The number of aromatic nitrogens is 1. The van der Waals surface area contributed by atoms with Crippen molar-refractivity contribution in [2.45, 2.75) is 62.9 Å². The Labute approximate surface area is 242 Å². The molecule has 0 bridgehead atoms. The molecule has 210 valence electrons. The van der Waals surface area contributed by atoms with Crippen molar-refractivity contribution in [3.05, 3.63) is 125 Å². The lowest BCUT2D eigenvalue weighted by Crippen LogP contribution is -2.34. The number of nitrogens with one attached hydrogen (secondary N) is 1. The minimum atomic E-state index is -3.71. The molecule has 2 aliphatic carbocycles. The van der Waals surface area contributed by atoms with Crippen LogP contribution in [0.4, 0.5) is 5.69 Å². The van der Waals surface area contributed by atoms with Crippen molar-refractivity contribution < 1.29 is 13.2 Å². The SMILES string of the molecule is Cc1cccc(S(=O)(=O)N[C@H]2CCCc3ccc(N(Cc4cccc(C)n4)C(=O)[C@@H]4C[C@@H]4c4ccccc4)cc32)c1. The molecule has 6 nitrogen and oxygen atoms in total. The van der Waals surface area contributed by atoms with Gasteiger partial charge in [0, 0.05) is 23.3 Å². The smallest absolute Gasteiger partial charge is 0.241 e. The zero-order chi connectivity index (χ0) is 28.6. The van der Waals surface area contributed by atoms with Gasteiger partial charge in [0.1, 0.15) is 0 Å². The van der Waals surface area contributed by atoms with E-state index in [1.165, 1.54) is 5.56 Å². The molecule has 1 N–H and O–H groups in total. The summed E-state index contributed by atoms with van der Waals surface area (Å²) >= 11 is 0. The molecule has 0 saturated heterocycles. The number of aryl methyl sites for hydroxylation is 3. The average Bonchev–Trinajstić information content (AvgIpc) is 3.77. The number of amides is 1. The number of pyridine rings is 1. The van der Waals surface area contributed by atoms with Gasteiger partial charge in [0.15, 0.2) is 0 Å². The Bertz CT molecular complexity index is 1690. The lowest BCUT2D eigenvalue weighted by molar-refractivity contribution is -0.120. The van der Waals surface area contributed by atoms with Gasteiger partial charge in [0.25, 0.3) is 0 Å². The van der Waals surface area contributed by atoms with Crippen LogP contribution in [-0.4, -0.2) is 19.3 Å². The van der Waals surface area contributed by atoms with E-state index in [4.69, 9.17) is 0 Å². The normalized spacial score (nSPS) is 19.8. The van der Waals surface area contributed by atoms with E-state index in [2.05, 4.69) is 27.9 Å². The maximum Gasteiger partial charge on any atom is 0.241 e. The minimum Gasteiger partial charge on any atom is -0.306 e. The van der Waals surface area contributed by atoms with Gasteiger partial charge in [-0.15, -0.1) is 0 Å². The molecule has 2 aliphatic rings. The summed E-state index contributed by atoms with van der Waals surface area (Å²) in [4.78, 5) is 20.9. The number of carbonyl (C=O) groups is 1.